The van der Waals surface area contributed by atoms with Crippen molar-refractivity contribution < 1.29 is 4.79 Å². The topological polar surface area (TPSA) is 55.1 Å². The molecule has 3 N–H and O–H groups in total. The summed E-state index contributed by atoms with van der Waals surface area (Å²) in [7, 11) is 0. The zero-order chi connectivity index (χ0) is 12.0. The molecule has 1 amide bonds. The number of rotatable bonds is 6. The van der Waals surface area contributed by atoms with Gasteiger partial charge >= 0.3 is 0 Å². The summed E-state index contributed by atoms with van der Waals surface area (Å²) < 4.78 is 0. The number of nitrogens with two attached hydrogens (primary N) is 1. The van der Waals surface area contributed by atoms with Gasteiger partial charge in [0.05, 0.1) is 6.04 Å². The summed E-state index contributed by atoms with van der Waals surface area (Å²) in [4.78, 5) is 11.6. The van der Waals surface area contributed by atoms with Gasteiger partial charge in [0, 0.05) is 6.54 Å². The second-order valence-electron chi connectivity index (χ2n) is 5.20. The lowest BCUT2D eigenvalue weighted by Crippen LogP contribution is -2.43. The van der Waals surface area contributed by atoms with E-state index in [9.17, 15) is 4.79 Å². The molecule has 0 spiro atoms. The Morgan fingerprint density at radius 1 is 1.20 bits per heavy atom. The highest BCUT2D eigenvalue weighted by Crippen LogP contribution is 2.08. The fourth-order valence-corrected chi connectivity index (χ4v) is 1.24. The zero-order valence-electron chi connectivity index (χ0n) is 10.7. The van der Waals surface area contributed by atoms with Crippen LogP contribution in [0.2, 0.25) is 0 Å². The van der Waals surface area contributed by atoms with Crippen LogP contribution >= 0.6 is 0 Å². The first-order valence-corrected chi connectivity index (χ1v) is 5.87. The average Bonchev–Trinajstić information content (AvgIpc) is 2.12. The minimum absolute atomic E-state index is 0.0174. The molecule has 0 saturated heterocycles. The molecule has 3 heteroatoms. The van der Waals surface area contributed by atoms with Crippen molar-refractivity contribution in [2.24, 2.45) is 23.5 Å². The molecule has 0 rings (SSSR count). The maximum atomic E-state index is 11.6. The molecule has 2 atom stereocenters. The summed E-state index contributed by atoms with van der Waals surface area (Å²) in [6, 6.07) is -0.357. The van der Waals surface area contributed by atoms with Crippen molar-refractivity contribution in [2.45, 2.75) is 47.1 Å². The maximum absolute atomic E-state index is 11.6. The number of nitrogens with one attached hydrogen (secondary N) is 1. The fraction of sp³-hybridized carbons (Fsp3) is 0.917. The Kier molecular flexibility index (Phi) is 6.57. The predicted molar refractivity (Wildman–Crippen MR) is 64.4 cm³/mol. The lowest BCUT2D eigenvalue weighted by atomic mass is 9.98. The van der Waals surface area contributed by atoms with Gasteiger partial charge in [0.2, 0.25) is 5.91 Å². The molecule has 0 saturated carbocycles. The number of hydrogen-bond donors (Lipinski definition) is 2. The fourth-order valence-electron chi connectivity index (χ4n) is 1.24. The van der Waals surface area contributed by atoms with E-state index in [4.69, 9.17) is 5.73 Å². The number of amides is 1. The Morgan fingerprint density at radius 3 is 2.13 bits per heavy atom. The predicted octanol–water partition coefficient (Wildman–Crippen LogP) is 1.77. The molecular formula is C12H26N2O. The van der Waals surface area contributed by atoms with E-state index >= 15 is 0 Å². The van der Waals surface area contributed by atoms with Crippen LogP contribution < -0.4 is 11.1 Å². The van der Waals surface area contributed by atoms with Gasteiger partial charge in [-0.3, -0.25) is 4.79 Å². The molecule has 0 fully saturated rings. The third-order valence-corrected chi connectivity index (χ3v) is 2.80. The van der Waals surface area contributed by atoms with Crippen molar-refractivity contribution >= 4 is 5.91 Å². The van der Waals surface area contributed by atoms with E-state index in [1.54, 1.807) is 0 Å². The van der Waals surface area contributed by atoms with Gasteiger partial charge in [-0.25, -0.2) is 0 Å². The van der Waals surface area contributed by atoms with Gasteiger partial charge < -0.3 is 11.1 Å². The van der Waals surface area contributed by atoms with Crippen molar-refractivity contribution in [1.82, 2.24) is 5.32 Å². The van der Waals surface area contributed by atoms with E-state index in [1.165, 1.54) is 0 Å². The van der Waals surface area contributed by atoms with E-state index in [1.807, 2.05) is 0 Å². The van der Waals surface area contributed by atoms with Crippen molar-refractivity contribution in [3.05, 3.63) is 0 Å². The summed E-state index contributed by atoms with van der Waals surface area (Å²) >= 11 is 0. The number of carbonyl (C=O) groups is 1. The molecule has 0 aromatic heterocycles. The molecule has 0 aliphatic rings. The standard InChI is InChI=1S/C12H26N2O/c1-8(2)6-11(13)12(15)14-7-10(5)9(3)4/h8-11H,6-7,13H2,1-5H3,(H,14,15)/t10?,11-/m1/s1. The van der Waals surface area contributed by atoms with Crippen LogP contribution in [0.5, 0.6) is 0 Å². The minimum Gasteiger partial charge on any atom is -0.354 e. The Bertz CT molecular complexity index is 190. The quantitative estimate of drug-likeness (QED) is 0.708. The number of carbonyl (C=O) groups excluding carboxylic acids is 1. The smallest absolute Gasteiger partial charge is 0.236 e. The van der Waals surface area contributed by atoms with Gasteiger partial charge in [0.25, 0.3) is 0 Å². The third-order valence-electron chi connectivity index (χ3n) is 2.80. The van der Waals surface area contributed by atoms with Crippen LogP contribution in [0.3, 0.4) is 0 Å². The van der Waals surface area contributed by atoms with Crippen LogP contribution in [0.25, 0.3) is 0 Å². The van der Waals surface area contributed by atoms with Crippen LogP contribution in [0, 0.1) is 17.8 Å². The van der Waals surface area contributed by atoms with E-state index < -0.39 is 0 Å². The summed E-state index contributed by atoms with van der Waals surface area (Å²) in [5.74, 6) is 1.54. The lowest BCUT2D eigenvalue weighted by Gasteiger charge is -2.19. The third kappa shape index (κ3) is 6.50. The first kappa shape index (κ1) is 14.4. The number of hydrogen-bond acceptors (Lipinski definition) is 2. The molecule has 15 heavy (non-hydrogen) atoms. The largest absolute Gasteiger partial charge is 0.354 e. The van der Waals surface area contributed by atoms with Gasteiger partial charge in [-0.2, -0.15) is 0 Å². The molecule has 0 bridgehead atoms. The van der Waals surface area contributed by atoms with Gasteiger partial charge in [0.15, 0.2) is 0 Å². The molecule has 90 valence electrons. The van der Waals surface area contributed by atoms with Crippen LogP contribution in [-0.2, 0) is 4.79 Å². The molecule has 0 aromatic carbocycles. The van der Waals surface area contributed by atoms with Crippen molar-refractivity contribution in [1.29, 1.82) is 0 Å². The SMILES string of the molecule is CC(C)C[C@@H](N)C(=O)NCC(C)C(C)C. The average molecular weight is 214 g/mol. The molecule has 0 aromatic rings. The molecule has 0 radical (unpaired) electrons. The van der Waals surface area contributed by atoms with E-state index in [0.717, 1.165) is 13.0 Å². The molecule has 0 aliphatic carbocycles. The van der Waals surface area contributed by atoms with Gasteiger partial charge in [-0.15, -0.1) is 0 Å². The molecule has 1 unspecified atom stereocenters. The lowest BCUT2D eigenvalue weighted by molar-refractivity contribution is -0.122. The first-order chi connectivity index (χ1) is 6.84. The Balaban J connectivity index is 3.83. The maximum Gasteiger partial charge on any atom is 0.236 e. The van der Waals surface area contributed by atoms with Crippen molar-refractivity contribution in [3.8, 4) is 0 Å². The van der Waals surface area contributed by atoms with Crippen LogP contribution in [0.15, 0.2) is 0 Å². The molecule has 0 aliphatic heterocycles. The summed E-state index contributed by atoms with van der Waals surface area (Å²) in [6.45, 7) is 11.3. The van der Waals surface area contributed by atoms with Gasteiger partial charge in [0.1, 0.15) is 0 Å². The van der Waals surface area contributed by atoms with E-state index in [-0.39, 0.29) is 11.9 Å². The van der Waals surface area contributed by atoms with Gasteiger partial charge in [-0.1, -0.05) is 34.6 Å². The Labute approximate surface area is 93.8 Å². The summed E-state index contributed by atoms with van der Waals surface area (Å²) in [5, 5.41) is 2.90. The van der Waals surface area contributed by atoms with Crippen LogP contribution in [0.4, 0.5) is 0 Å². The Hall–Kier alpha value is -0.570. The van der Waals surface area contributed by atoms with E-state index in [0.29, 0.717) is 17.8 Å². The normalized spacial score (nSPS) is 15.5. The monoisotopic (exact) mass is 214 g/mol. The first-order valence-electron chi connectivity index (χ1n) is 5.87. The second-order valence-corrected chi connectivity index (χ2v) is 5.20. The molecule has 3 nitrogen and oxygen atoms in total. The summed E-state index contributed by atoms with van der Waals surface area (Å²) in [6.07, 6.45) is 0.752. The Morgan fingerprint density at radius 2 is 1.73 bits per heavy atom. The second kappa shape index (κ2) is 6.83. The molecule has 0 heterocycles. The highest BCUT2D eigenvalue weighted by molar-refractivity contribution is 5.81. The minimum atomic E-state index is -0.357. The zero-order valence-corrected chi connectivity index (χ0v) is 10.7. The highest BCUT2D eigenvalue weighted by atomic mass is 16.2. The van der Waals surface area contributed by atoms with E-state index in [2.05, 4.69) is 39.9 Å². The highest BCUT2D eigenvalue weighted by Gasteiger charge is 2.16. The summed E-state index contributed by atoms with van der Waals surface area (Å²) in [5.41, 5.74) is 5.77. The van der Waals surface area contributed by atoms with Crippen molar-refractivity contribution in [3.63, 3.8) is 0 Å². The van der Waals surface area contributed by atoms with Crippen LogP contribution in [-0.4, -0.2) is 18.5 Å². The van der Waals surface area contributed by atoms with Crippen molar-refractivity contribution in [2.75, 3.05) is 6.54 Å². The van der Waals surface area contributed by atoms with Crippen LogP contribution in [0.1, 0.15) is 41.0 Å². The molecular weight excluding hydrogens is 188 g/mol. The van der Waals surface area contributed by atoms with Gasteiger partial charge in [-0.05, 0) is 24.2 Å².